The van der Waals surface area contributed by atoms with E-state index in [2.05, 4.69) is 0 Å². The molecule has 1 unspecified atom stereocenters. The number of hydrogen-bond acceptors (Lipinski definition) is 6. The predicted octanol–water partition coefficient (Wildman–Crippen LogP) is 2.66. The molecule has 6 nitrogen and oxygen atoms in total. The minimum atomic E-state index is -1.38. The first kappa shape index (κ1) is 25.1. The molecule has 0 saturated heterocycles. The van der Waals surface area contributed by atoms with Crippen LogP contribution >= 0.6 is 0 Å². The van der Waals surface area contributed by atoms with Gasteiger partial charge in [0.2, 0.25) is 0 Å². The largest absolute Gasteiger partial charge is 0.390 e. The molecule has 0 aliphatic heterocycles. The topological polar surface area (TPSA) is 118 Å². The maximum atomic E-state index is 13.2. The zero-order valence-electron chi connectivity index (χ0n) is 20.7. The quantitative estimate of drug-likeness (QED) is 0.410. The summed E-state index contributed by atoms with van der Waals surface area (Å²) in [7, 11) is 0. The first-order valence-corrected chi connectivity index (χ1v) is 12.6. The number of hydrogen-bond donors (Lipinski definition) is 5. The third-order valence-corrected chi connectivity index (χ3v) is 10.2. The van der Waals surface area contributed by atoms with E-state index in [1.807, 2.05) is 33.8 Å². The lowest BCUT2D eigenvalue weighted by Crippen LogP contribution is -2.62. The standard InChI is InChI=1S/C27H42O6/c1-15(2)6-7-23(31)26(5,32)22-9-11-27(33)17-12-19(28)18-13-20(29)21(30)14-24(18,3)16(17)8-10-25(22,27)4/h6,12,16,18,20-23,29-33H,7-11,13-14H2,1-5H3/t16-,18-,20+,21-,22-,23+,24+,25+,26?,27+/m0/s1. The second kappa shape index (κ2) is 7.99. The average molecular weight is 463 g/mol. The average Bonchev–Trinajstić information content (AvgIpc) is 3.00. The summed E-state index contributed by atoms with van der Waals surface area (Å²) in [6.07, 6.45) is 4.16. The molecule has 0 aromatic rings. The Kier molecular flexibility index (Phi) is 6.07. The summed E-state index contributed by atoms with van der Waals surface area (Å²) in [4.78, 5) is 13.2. The molecule has 10 atom stereocenters. The van der Waals surface area contributed by atoms with E-state index in [0.717, 1.165) is 17.6 Å². The summed E-state index contributed by atoms with van der Waals surface area (Å²) < 4.78 is 0. The van der Waals surface area contributed by atoms with Crippen molar-refractivity contribution in [3.8, 4) is 0 Å². The van der Waals surface area contributed by atoms with Crippen molar-refractivity contribution in [1.82, 2.24) is 0 Å². The lowest BCUT2D eigenvalue weighted by molar-refractivity contribution is -0.174. The second-order valence-electron chi connectivity index (χ2n) is 12.4. The van der Waals surface area contributed by atoms with Crippen molar-refractivity contribution in [2.24, 2.45) is 28.6 Å². The van der Waals surface area contributed by atoms with Crippen LogP contribution in [-0.2, 0) is 4.79 Å². The maximum Gasteiger partial charge on any atom is 0.159 e. The van der Waals surface area contributed by atoms with Gasteiger partial charge in [-0.3, -0.25) is 4.79 Å². The first-order valence-electron chi connectivity index (χ1n) is 12.6. The van der Waals surface area contributed by atoms with Crippen LogP contribution in [0.5, 0.6) is 0 Å². The molecular formula is C27H42O6. The Hall–Kier alpha value is -1.05. The zero-order chi connectivity index (χ0) is 24.6. The number of rotatable bonds is 4. The normalized spacial score (nSPS) is 47.5. The Morgan fingerprint density at radius 3 is 2.48 bits per heavy atom. The van der Waals surface area contributed by atoms with E-state index in [0.29, 0.717) is 32.1 Å². The van der Waals surface area contributed by atoms with Crippen molar-refractivity contribution in [3.05, 3.63) is 23.3 Å². The summed E-state index contributed by atoms with van der Waals surface area (Å²) in [6.45, 7) is 9.63. The Bertz CT molecular complexity index is 872. The smallest absolute Gasteiger partial charge is 0.159 e. The molecular weight excluding hydrogens is 420 g/mol. The fourth-order valence-electron chi connectivity index (χ4n) is 8.13. The Labute approximate surface area is 197 Å². The molecule has 4 aliphatic rings. The highest BCUT2D eigenvalue weighted by atomic mass is 16.3. The van der Waals surface area contributed by atoms with Crippen molar-refractivity contribution in [2.75, 3.05) is 0 Å². The van der Waals surface area contributed by atoms with Crippen LogP contribution in [0, 0.1) is 28.6 Å². The van der Waals surface area contributed by atoms with Crippen molar-refractivity contribution < 1.29 is 30.3 Å². The minimum absolute atomic E-state index is 0.0558. The van der Waals surface area contributed by atoms with Crippen molar-refractivity contribution in [3.63, 3.8) is 0 Å². The number of ketones is 1. The highest BCUT2D eigenvalue weighted by molar-refractivity contribution is 5.95. The number of carbonyl (C=O) groups is 1. The maximum absolute atomic E-state index is 13.2. The van der Waals surface area contributed by atoms with Crippen LogP contribution in [0.3, 0.4) is 0 Å². The number of fused-ring (bicyclic) bond motifs is 5. The van der Waals surface area contributed by atoms with Gasteiger partial charge >= 0.3 is 0 Å². The number of aliphatic hydroxyl groups excluding tert-OH is 3. The van der Waals surface area contributed by atoms with E-state index in [9.17, 15) is 30.3 Å². The summed E-state index contributed by atoms with van der Waals surface area (Å²) in [6, 6.07) is 0. The highest BCUT2D eigenvalue weighted by Gasteiger charge is 2.69. The molecule has 186 valence electrons. The summed E-state index contributed by atoms with van der Waals surface area (Å²) in [5.41, 5.74) is -2.00. The second-order valence-corrected chi connectivity index (χ2v) is 12.4. The molecule has 3 fully saturated rings. The third kappa shape index (κ3) is 3.51. The van der Waals surface area contributed by atoms with Gasteiger partial charge in [-0.2, -0.15) is 0 Å². The van der Waals surface area contributed by atoms with Gasteiger partial charge in [0.25, 0.3) is 0 Å². The fourth-order valence-corrected chi connectivity index (χ4v) is 8.13. The Balaban J connectivity index is 1.70. The zero-order valence-corrected chi connectivity index (χ0v) is 20.7. The molecule has 5 N–H and O–H groups in total. The Morgan fingerprint density at radius 2 is 1.85 bits per heavy atom. The lowest BCUT2D eigenvalue weighted by atomic mass is 9.45. The molecule has 6 heteroatoms. The molecule has 0 aromatic heterocycles. The first-order chi connectivity index (χ1) is 15.2. The predicted molar refractivity (Wildman–Crippen MR) is 125 cm³/mol. The summed E-state index contributed by atoms with van der Waals surface area (Å²) in [5.74, 6) is -0.813. The van der Waals surface area contributed by atoms with Crippen LogP contribution in [0.4, 0.5) is 0 Å². The molecule has 4 rings (SSSR count). The molecule has 0 aromatic carbocycles. The third-order valence-electron chi connectivity index (χ3n) is 10.2. The van der Waals surface area contributed by atoms with Crippen molar-refractivity contribution in [1.29, 1.82) is 0 Å². The van der Waals surface area contributed by atoms with E-state index in [1.54, 1.807) is 13.0 Å². The molecule has 0 spiro atoms. The van der Waals surface area contributed by atoms with Gasteiger partial charge in [-0.15, -0.1) is 0 Å². The van der Waals surface area contributed by atoms with Gasteiger partial charge in [-0.05, 0) is 94.6 Å². The molecule has 3 saturated carbocycles. The van der Waals surface area contributed by atoms with Gasteiger partial charge < -0.3 is 25.5 Å². The SMILES string of the molecule is CC(C)=CC[C@@H](O)C(C)(O)[C@H]1CC[C@@]2(O)C3=CC(=O)[C@@H]4C[C@@H](O)[C@@H](O)C[C@]4(C)[C@H]3CC[C@]12C. The van der Waals surface area contributed by atoms with E-state index >= 15 is 0 Å². The van der Waals surface area contributed by atoms with Crippen LogP contribution in [0.1, 0.15) is 79.6 Å². The van der Waals surface area contributed by atoms with Crippen molar-refractivity contribution in [2.45, 2.75) is 109 Å². The van der Waals surface area contributed by atoms with Crippen LogP contribution in [0.25, 0.3) is 0 Å². The van der Waals surface area contributed by atoms with Gasteiger partial charge in [0.15, 0.2) is 5.78 Å². The van der Waals surface area contributed by atoms with Gasteiger partial charge in [-0.1, -0.05) is 25.5 Å². The van der Waals surface area contributed by atoms with Gasteiger partial charge in [0, 0.05) is 11.3 Å². The number of carbonyl (C=O) groups excluding carboxylic acids is 1. The van der Waals surface area contributed by atoms with Crippen LogP contribution in [0.2, 0.25) is 0 Å². The molecule has 0 radical (unpaired) electrons. The van der Waals surface area contributed by atoms with E-state index in [4.69, 9.17) is 0 Å². The molecule has 0 amide bonds. The monoisotopic (exact) mass is 462 g/mol. The molecule has 0 heterocycles. The van der Waals surface area contributed by atoms with E-state index in [1.165, 1.54) is 0 Å². The number of allylic oxidation sites excluding steroid dienone is 2. The van der Waals surface area contributed by atoms with Crippen LogP contribution < -0.4 is 0 Å². The van der Waals surface area contributed by atoms with Crippen LogP contribution in [-0.4, -0.2) is 60.8 Å². The fraction of sp³-hybridized carbons (Fsp3) is 0.815. The van der Waals surface area contributed by atoms with E-state index < -0.39 is 40.3 Å². The van der Waals surface area contributed by atoms with Gasteiger partial charge in [0.1, 0.15) is 0 Å². The Morgan fingerprint density at radius 1 is 1.18 bits per heavy atom. The highest BCUT2D eigenvalue weighted by Crippen LogP contribution is 2.68. The van der Waals surface area contributed by atoms with Gasteiger partial charge in [-0.25, -0.2) is 0 Å². The summed E-state index contributed by atoms with van der Waals surface area (Å²) in [5, 5.41) is 55.3. The minimum Gasteiger partial charge on any atom is -0.390 e. The van der Waals surface area contributed by atoms with E-state index in [-0.39, 0.29) is 30.0 Å². The number of aliphatic hydroxyl groups is 5. The van der Waals surface area contributed by atoms with Gasteiger partial charge in [0.05, 0.1) is 29.5 Å². The van der Waals surface area contributed by atoms with Crippen molar-refractivity contribution >= 4 is 5.78 Å². The summed E-state index contributed by atoms with van der Waals surface area (Å²) >= 11 is 0. The lowest BCUT2D eigenvalue weighted by Gasteiger charge is -2.60. The molecule has 33 heavy (non-hydrogen) atoms. The molecule has 0 bridgehead atoms. The van der Waals surface area contributed by atoms with Crippen LogP contribution in [0.15, 0.2) is 23.3 Å². The molecule has 4 aliphatic carbocycles.